The summed E-state index contributed by atoms with van der Waals surface area (Å²) in [6.45, 7) is 0.369. The number of methoxy groups -OCH3 is 2. The van der Waals surface area contributed by atoms with Crippen LogP contribution in [0, 0.1) is 23.2 Å². The molecular weight excluding hydrogens is 356 g/mol. The smallest absolute Gasteiger partial charge is 0.226 e. The van der Waals surface area contributed by atoms with Gasteiger partial charge in [0.2, 0.25) is 11.8 Å². The Hall–Kier alpha value is -2.24. The van der Waals surface area contributed by atoms with Crippen LogP contribution in [0.4, 0.5) is 5.69 Å². The highest BCUT2D eigenvalue weighted by atomic mass is 16.5. The Labute approximate surface area is 166 Å². The number of carbonyl (C=O) groups is 2. The Morgan fingerprint density at radius 1 is 0.964 bits per heavy atom. The van der Waals surface area contributed by atoms with Crippen LogP contribution in [-0.2, 0) is 9.59 Å². The number of anilines is 1. The number of nitrogens with one attached hydrogen (secondary N) is 2. The lowest BCUT2D eigenvalue weighted by Crippen LogP contribution is -2.53. The number of hydrogen-bond donors (Lipinski definition) is 2. The predicted molar refractivity (Wildman–Crippen MR) is 106 cm³/mol. The molecule has 6 nitrogen and oxygen atoms in total. The molecule has 1 aromatic carbocycles. The number of ether oxygens (including phenoxy) is 2. The molecule has 2 amide bonds. The van der Waals surface area contributed by atoms with Crippen LogP contribution in [0.25, 0.3) is 0 Å². The quantitative estimate of drug-likeness (QED) is 0.753. The first-order valence-electron chi connectivity index (χ1n) is 10.3. The summed E-state index contributed by atoms with van der Waals surface area (Å²) < 4.78 is 10.4. The maximum absolute atomic E-state index is 12.9. The van der Waals surface area contributed by atoms with Crippen molar-refractivity contribution in [2.45, 2.75) is 44.9 Å². The van der Waals surface area contributed by atoms with Crippen molar-refractivity contribution in [2.24, 2.45) is 23.2 Å². The maximum Gasteiger partial charge on any atom is 0.226 e. The van der Waals surface area contributed by atoms with Gasteiger partial charge in [-0.25, -0.2) is 0 Å². The molecule has 2 N–H and O–H groups in total. The minimum atomic E-state index is -0.161. The molecule has 0 heterocycles. The summed E-state index contributed by atoms with van der Waals surface area (Å²) in [5, 5.41) is 5.90. The zero-order chi connectivity index (χ0) is 19.7. The molecule has 4 bridgehead atoms. The van der Waals surface area contributed by atoms with E-state index in [1.54, 1.807) is 32.4 Å². The summed E-state index contributed by atoms with van der Waals surface area (Å²) in [5.74, 6) is 3.48. The van der Waals surface area contributed by atoms with E-state index < -0.39 is 0 Å². The molecule has 152 valence electrons. The summed E-state index contributed by atoms with van der Waals surface area (Å²) in [6.07, 6.45) is 7.33. The molecule has 5 rings (SSSR count). The first kappa shape index (κ1) is 19.1. The lowest BCUT2D eigenvalue weighted by atomic mass is 9.49. The van der Waals surface area contributed by atoms with Crippen molar-refractivity contribution in [2.75, 3.05) is 26.1 Å². The number of rotatable bonds is 7. The fourth-order valence-electron chi connectivity index (χ4n) is 5.97. The fourth-order valence-corrected chi connectivity index (χ4v) is 5.97. The van der Waals surface area contributed by atoms with E-state index >= 15 is 0 Å². The second kappa shape index (κ2) is 7.64. The molecule has 0 aliphatic heterocycles. The molecule has 0 spiro atoms. The summed E-state index contributed by atoms with van der Waals surface area (Å²) >= 11 is 0. The minimum Gasteiger partial charge on any atom is -0.497 e. The van der Waals surface area contributed by atoms with E-state index in [1.807, 2.05) is 0 Å². The van der Waals surface area contributed by atoms with Gasteiger partial charge in [-0.15, -0.1) is 0 Å². The van der Waals surface area contributed by atoms with Crippen LogP contribution in [0.2, 0.25) is 0 Å². The maximum atomic E-state index is 12.9. The third kappa shape index (κ3) is 3.82. The molecule has 0 unspecified atom stereocenters. The van der Waals surface area contributed by atoms with Gasteiger partial charge < -0.3 is 20.1 Å². The van der Waals surface area contributed by atoms with Crippen molar-refractivity contribution in [3.05, 3.63) is 18.2 Å². The normalized spacial score (nSPS) is 30.0. The number of carbonyl (C=O) groups excluding carboxylic acids is 2. The van der Waals surface area contributed by atoms with Gasteiger partial charge in [-0.3, -0.25) is 9.59 Å². The van der Waals surface area contributed by atoms with Crippen LogP contribution in [0.15, 0.2) is 18.2 Å². The molecule has 4 saturated carbocycles. The molecule has 6 heteroatoms. The van der Waals surface area contributed by atoms with Crippen molar-refractivity contribution < 1.29 is 19.1 Å². The molecule has 4 fully saturated rings. The number of benzene rings is 1. The van der Waals surface area contributed by atoms with E-state index in [4.69, 9.17) is 9.47 Å². The van der Waals surface area contributed by atoms with Crippen LogP contribution >= 0.6 is 0 Å². The molecule has 0 radical (unpaired) electrons. The number of amides is 2. The molecule has 4 aliphatic carbocycles. The molecule has 4 aliphatic rings. The van der Waals surface area contributed by atoms with E-state index in [1.165, 1.54) is 19.3 Å². The highest BCUT2D eigenvalue weighted by molar-refractivity contribution is 5.92. The molecular formula is C22H30N2O4. The molecule has 0 saturated heterocycles. The van der Waals surface area contributed by atoms with E-state index in [-0.39, 0.29) is 23.7 Å². The topological polar surface area (TPSA) is 76.7 Å². The largest absolute Gasteiger partial charge is 0.497 e. The van der Waals surface area contributed by atoms with E-state index in [0.29, 0.717) is 23.7 Å². The van der Waals surface area contributed by atoms with Gasteiger partial charge in [0, 0.05) is 42.3 Å². The Kier molecular flexibility index (Phi) is 5.21. The Balaban J connectivity index is 1.28. The highest BCUT2D eigenvalue weighted by Crippen LogP contribution is 2.60. The first-order valence-corrected chi connectivity index (χ1v) is 10.3. The minimum absolute atomic E-state index is 0.138. The summed E-state index contributed by atoms with van der Waals surface area (Å²) in [6, 6.07) is 5.24. The van der Waals surface area contributed by atoms with Gasteiger partial charge >= 0.3 is 0 Å². The van der Waals surface area contributed by atoms with Crippen LogP contribution in [-0.4, -0.2) is 32.6 Å². The first-order chi connectivity index (χ1) is 13.5. The van der Waals surface area contributed by atoms with Gasteiger partial charge in [0.1, 0.15) is 11.5 Å². The van der Waals surface area contributed by atoms with Crippen LogP contribution in [0.5, 0.6) is 11.5 Å². The molecule has 28 heavy (non-hydrogen) atoms. The van der Waals surface area contributed by atoms with E-state index in [0.717, 1.165) is 37.0 Å². The lowest BCUT2D eigenvalue weighted by Gasteiger charge is -2.55. The Morgan fingerprint density at radius 2 is 1.50 bits per heavy atom. The van der Waals surface area contributed by atoms with Crippen LogP contribution in [0.3, 0.4) is 0 Å². The van der Waals surface area contributed by atoms with Crippen molar-refractivity contribution in [1.82, 2.24) is 5.32 Å². The zero-order valence-corrected chi connectivity index (χ0v) is 16.8. The second-order valence-corrected chi connectivity index (χ2v) is 8.85. The van der Waals surface area contributed by atoms with Crippen LogP contribution in [0.1, 0.15) is 44.9 Å². The fraction of sp³-hybridized carbons (Fsp3) is 0.636. The third-order valence-corrected chi connectivity index (χ3v) is 6.79. The third-order valence-electron chi connectivity index (χ3n) is 6.79. The van der Waals surface area contributed by atoms with Gasteiger partial charge in [0.15, 0.2) is 0 Å². The molecule has 1 aromatic rings. The lowest BCUT2D eigenvalue weighted by molar-refractivity contribution is -0.146. The summed E-state index contributed by atoms with van der Waals surface area (Å²) in [5.41, 5.74) is 0.458. The standard InChI is InChI=1S/C22H30N2O4/c1-27-18-8-17(9-19(10-18)28-2)24-20(25)3-4-23-21(26)22-11-14-5-15(12-22)7-16(6-14)13-22/h8-10,14-16H,3-7,11-13H2,1-2H3,(H,23,26)(H,24,25). The van der Waals surface area contributed by atoms with Crippen molar-refractivity contribution in [1.29, 1.82) is 0 Å². The monoisotopic (exact) mass is 386 g/mol. The SMILES string of the molecule is COc1cc(NC(=O)CCNC(=O)C23CC4CC(CC(C4)C2)C3)cc(OC)c1. The van der Waals surface area contributed by atoms with Gasteiger partial charge in [-0.05, 0) is 56.3 Å². The summed E-state index contributed by atoms with van der Waals surface area (Å²) in [4.78, 5) is 25.2. The molecule has 0 aromatic heterocycles. The average molecular weight is 386 g/mol. The van der Waals surface area contributed by atoms with Crippen LogP contribution < -0.4 is 20.1 Å². The van der Waals surface area contributed by atoms with Gasteiger partial charge in [-0.2, -0.15) is 0 Å². The van der Waals surface area contributed by atoms with Gasteiger partial charge in [-0.1, -0.05) is 0 Å². The van der Waals surface area contributed by atoms with Gasteiger partial charge in [0.05, 0.1) is 14.2 Å². The Bertz CT molecular complexity index is 703. The van der Waals surface area contributed by atoms with E-state index in [2.05, 4.69) is 10.6 Å². The molecule has 0 atom stereocenters. The van der Waals surface area contributed by atoms with Gasteiger partial charge in [0.25, 0.3) is 0 Å². The highest BCUT2D eigenvalue weighted by Gasteiger charge is 2.54. The number of hydrogen-bond acceptors (Lipinski definition) is 4. The van der Waals surface area contributed by atoms with Crippen molar-refractivity contribution >= 4 is 17.5 Å². The average Bonchev–Trinajstić information content (AvgIpc) is 2.66. The zero-order valence-electron chi connectivity index (χ0n) is 16.8. The van der Waals surface area contributed by atoms with E-state index in [9.17, 15) is 9.59 Å². The van der Waals surface area contributed by atoms with Crippen molar-refractivity contribution in [3.8, 4) is 11.5 Å². The predicted octanol–water partition coefficient (Wildman–Crippen LogP) is 3.37. The Morgan fingerprint density at radius 3 is 2.00 bits per heavy atom. The van der Waals surface area contributed by atoms with Crippen molar-refractivity contribution in [3.63, 3.8) is 0 Å². The second-order valence-electron chi connectivity index (χ2n) is 8.85. The summed E-state index contributed by atoms with van der Waals surface area (Å²) in [7, 11) is 3.14.